The zero-order chi connectivity index (χ0) is 12.7. The first-order chi connectivity index (χ1) is 8.13. The van der Waals surface area contributed by atoms with Crippen molar-refractivity contribution >= 4 is 11.6 Å². The average Bonchev–Trinajstić information content (AvgIpc) is 2.30. The molecular formula is C14H21ClO2. The maximum absolute atomic E-state index is 9.37. The van der Waals surface area contributed by atoms with Crippen LogP contribution in [0.25, 0.3) is 0 Å². The predicted molar refractivity (Wildman–Crippen MR) is 71.6 cm³/mol. The molecule has 0 fully saturated rings. The van der Waals surface area contributed by atoms with E-state index < -0.39 is 0 Å². The summed E-state index contributed by atoms with van der Waals surface area (Å²) in [4.78, 5) is 0. The molecular weight excluding hydrogens is 236 g/mol. The van der Waals surface area contributed by atoms with Crippen LogP contribution in [0.5, 0.6) is 0 Å². The zero-order valence-electron chi connectivity index (χ0n) is 10.5. The molecule has 96 valence electrons. The van der Waals surface area contributed by atoms with Crippen LogP contribution in [-0.4, -0.2) is 24.9 Å². The maximum atomic E-state index is 9.37. The fraction of sp³-hybridized carbons (Fsp3) is 0.571. The van der Waals surface area contributed by atoms with Gasteiger partial charge in [-0.3, -0.25) is 0 Å². The Hall–Kier alpha value is -0.570. The van der Waals surface area contributed by atoms with Crippen LogP contribution in [0.4, 0.5) is 0 Å². The molecule has 0 amide bonds. The smallest absolute Gasteiger partial charge is 0.0500 e. The first kappa shape index (κ1) is 14.5. The van der Waals surface area contributed by atoms with E-state index >= 15 is 0 Å². The fourth-order valence-corrected chi connectivity index (χ4v) is 1.77. The van der Waals surface area contributed by atoms with Gasteiger partial charge in [0.25, 0.3) is 0 Å². The highest BCUT2D eigenvalue weighted by Gasteiger charge is 2.10. The summed E-state index contributed by atoms with van der Waals surface area (Å²) in [6, 6.07) is 7.64. The third kappa shape index (κ3) is 5.53. The van der Waals surface area contributed by atoms with E-state index in [-0.39, 0.29) is 12.5 Å². The highest BCUT2D eigenvalue weighted by molar-refractivity contribution is 6.30. The molecule has 1 rings (SSSR count). The van der Waals surface area contributed by atoms with Crippen molar-refractivity contribution < 1.29 is 9.84 Å². The van der Waals surface area contributed by atoms with Gasteiger partial charge in [0.05, 0.1) is 6.61 Å². The van der Waals surface area contributed by atoms with Gasteiger partial charge in [-0.2, -0.15) is 0 Å². The van der Waals surface area contributed by atoms with Gasteiger partial charge in [-0.1, -0.05) is 37.6 Å². The van der Waals surface area contributed by atoms with Gasteiger partial charge in [0.15, 0.2) is 0 Å². The van der Waals surface area contributed by atoms with Crippen molar-refractivity contribution in [2.45, 2.75) is 26.2 Å². The van der Waals surface area contributed by atoms with Crippen molar-refractivity contribution in [3.8, 4) is 0 Å². The van der Waals surface area contributed by atoms with E-state index in [0.29, 0.717) is 12.5 Å². The second-order valence-electron chi connectivity index (χ2n) is 4.69. The summed E-state index contributed by atoms with van der Waals surface area (Å²) in [5.74, 6) is 0.692. The molecule has 3 heteroatoms. The molecule has 0 saturated carbocycles. The Morgan fingerprint density at radius 3 is 2.41 bits per heavy atom. The molecule has 1 unspecified atom stereocenters. The zero-order valence-corrected chi connectivity index (χ0v) is 11.3. The van der Waals surface area contributed by atoms with E-state index in [4.69, 9.17) is 16.3 Å². The van der Waals surface area contributed by atoms with E-state index in [2.05, 4.69) is 13.8 Å². The Morgan fingerprint density at radius 2 is 1.88 bits per heavy atom. The molecule has 2 nitrogen and oxygen atoms in total. The van der Waals surface area contributed by atoms with Gasteiger partial charge < -0.3 is 9.84 Å². The van der Waals surface area contributed by atoms with Gasteiger partial charge in [0.1, 0.15) is 0 Å². The highest BCUT2D eigenvalue weighted by atomic mass is 35.5. The van der Waals surface area contributed by atoms with E-state index in [9.17, 15) is 5.11 Å². The van der Waals surface area contributed by atoms with Crippen molar-refractivity contribution in [2.75, 3.05) is 19.8 Å². The number of halogens is 1. The molecule has 0 radical (unpaired) electrons. The van der Waals surface area contributed by atoms with Crippen molar-refractivity contribution in [1.29, 1.82) is 0 Å². The number of hydrogen-bond acceptors (Lipinski definition) is 2. The third-order valence-electron chi connectivity index (χ3n) is 2.62. The number of aliphatic hydroxyl groups excluding tert-OH is 1. The lowest BCUT2D eigenvalue weighted by molar-refractivity contribution is 0.0977. The minimum absolute atomic E-state index is 0.138. The van der Waals surface area contributed by atoms with Gasteiger partial charge in [-0.25, -0.2) is 0 Å². The van der Waals surface area contributed by atoms with Gasteiger partial charge in [-0.15, -0.1) is 0 Å². The average molecular weight is 257 g/mol. The maximum Gasteiger partial charge on any atom is 0.0500 e. The molecule has 1 atom stereocenters. The van der Waals surface area contributed by atoms with E-state index in [0.717, 1.165) is 23.6 Å². The number of hydrogen-bond donors (Lipinski definition) is 1. The van der Waals surface area contributed by atoms with Crippen LogP contribution >= 0.6 is 11.6 Å². The summed E-state index contributed by atoms with van der Waals surface area (Å²) < 4.78 is 5.54. The number of benzene rings is 1. The topological polar surface area (TPSA) is 29.5 Å². The lowest BCUT2D eigenvalue weighted by Gasteiger charge is -2.15. The summed E-state index contributed by atoms with van der Waals surface area (Å²) in [5.41, 5.74) is 1.12. The van der Waals surface area contributed by atoms with Crippen molar-refractivity contribution in [1.82, 2.24) is 0 Å². The van der Waals surface area contributed by atoms with E-state index in [1.807, 2.05) is 24.3 Å². The number of ether oxygens (including phenoxy) is 1. The molecule has 17 heavy (non-hydrogen) atoms. The first-order valence-electron chi connectivity index (χ1n) is 6.07. The standard InChI is InChI=1S/C14H21ClO2/c1-11(2)10-17-8-7-13(9-16)12-3-5-14(15)6-4-12/h3-6,11,13,16H,7-10H2,1-2H3. The molecule has 1 aromatic carbocycles. The van der Waals surface area contributed by atoms with Crippen LogP contribution in [-0.2, 0) is 4.74 Å². The molecule has 0 aromatic heterocycles. The molecule has 0 saturated heterocycles. The van der Waals surface area contributed by atoms with Crippen LogP contribution in [0.2, 0.25) is 5.02 Å². The lowest BCUT2D eigenvalue weighted by atomic mass is 9.97. The number of aliphatic hydroxyl groups is 1. The summed E-state index contributed by atoms with van der Waals surface area (Å²) in [6.45, 7) is 5.86. The van der Waals surface area contributed by atoms with Crippen molar-refractivity contribution in [3.63, 3.8) is 0 Å². The molecule has 1 aromatic rings. The molecule has 0 aliphatic carbocycles. The summed E-state index contributed by atoms with van der Waals surface area (Å²) >= 11 is 5.83. The second kappa shape index (κ2) is 7.70. The van der Waals surface area contributed by atoms with Gasteiger partial charge in [0, 0.05) is 24.2 Å². The van der Waals surface area contributed by atoms with Crippen LogP contribution in [0, 0.1) is 5.92 Å². The second-order valence-corrected chi connectivity index (χ2v) is 5.12. The quantitative estimate of drug-likeness (QED) is 0.757. The molecule has 0 heterocycles. The summed E-state index contributed by atoms with van der Waals surface area (Å²) in [6.07, 6.45) is 0.838. The minimum Gasteiger partial charge on any atom is -0.396 e. The lowest BCUT2D eigenvalue weighted by Crippen LogP contribution is -2.10. The molecule has 0 spiro atoms. The van der Waals surface area contributed by atoms with Crippen LogP contribution in [0.3, 0.4) is 0 Å². The van der Waals surface area contributed by atoms with E-state index in [1.165, 1.54) is 0 Å². The highest BCUT2D eigenvalue weighted by Crippen LogP contribution is 2.21. The van der Waals surface area contributed by atoms with Gasteiger partial charge >= 0.3 is 0 Å². The first-order valence-corrected chi connectivity index (χ1v) is 6.45. The Balaban J connectivity index is 2.40. The van der Waals surface area contributed by atoms with Gasteiger partial charge in [0.2, 0.25) is 0 Å². The van der Waals surface area contributed by atoms with Crippen LogP contribution in [0.15, 0.2) is 24.3 Å². The summed E-state index contributed by atoms with van der Waals surface area (Å²) in [5, 5.41) is 10.1. The van der Waals surface area contributed by atoms with Crippen LogP contribution < -0.4 is 0 Å². The van der Waals surface area contributed by atoms with E-state index in [1.54, 1.807) is 0 Å². The van der Waals surface area contributed by atoms with Crippen molar-refractivity contribution in [2.24, 2.45) is 5.92 Å². The Kier molecular flexibility index (Phi) is 6.56. The molecule has 0 bridgehead atoms. The number of rotatable bonds is 7. The van der Waals surface area contributed by atoms with Gasteiger partial charge in [-0.05, 0) is 30.0 Å². The Labute approximate surface area is 109 Å². The SMILES string of the molecule is CC(C)COCCC(CO)c1ccc(Cl)cc1. The minimum atomic E-state index is 0.138. The Morgan fingerprint density at radius 1 is 1.24 bits per heavy atom. The van der Waals surface area contributed by atoms with Crippen molar-refractivity contribution in [3.05, 3.63) is 34.9 Å². The normalized spacial score (nSPS) is 13.0. The summed E-state index contributed by atoms with van der Waals surface area (Å²) in [7, 11) is 0. The monoisotopic (exact) mass is 256 g/mol. The van der Waals surface area contributed by atoms with Crippen LogP contribution in [0.1, 0.15) is 31.7 Å². The largest absolute Gasteiger partial charge is 0.396 e. The molecule has 1 N–H and O–H groups in total. The predicted octanol–water partition coefficient (Wildman–Crippen LogP) is 3.48. The fourth-order valence-electron chi connectivity index (χ4n) is 1.64. The third-order valence-corrected chi connectivity index (χ3v) is 2.88. The molecule has 0 aliphatic rings. The Bertz CT molecular complexity index is 309. The molecule has 0 aliphatic heterocycles.